The number of carbonyl (C=O) groups is 1. The third-order valence-electron chi connectivity index (χ3n) is 1.25. The van der Waals surface area contributed by atoms with Crippen LogP contribution in [0.5, 0.6) is 0 Å². The Morgan fingerprint density at radius 1 is 1.79 bits per heavy atom. The lowest BCUT2D eigenvalue weighted by atomic mass is 10.7. The molecule has 14 heavy (non-hydrogen) atoms. The fourth-order valence-electron chi connectivity index (χ4n) is 0.749. The van der Waals surface area contributed by atoms with Crippen LogP contribution in [0.1, 0.15) is 5.82 Å². The standard InChI is InChI=1S/C7H9N5OS/c1-5-9-7(12-11-5)10-6(13)4-14-3-2-8/h3-4H2,1H3,(H2,9,10,11,12,13). The van der Waals surface area contributed by atoms with E-state index in [1.807, 2.05) is 6.07 Å². The Kier molecular flexibility index (Phi) is 3.94. The van der Waals surface area contributed by atoms with Gasteiger partial charge < -0.3 is 0 Å². The summed E-state index contributed by atoms with van der Waals surface area (Å²) in [6.45, 7) is 1.74. The molecule has 0 saturated heterocycles. The Labute approximate surface area is 85.1 Å². The zero-order valence-corrected chi connectivity index (χ0v) is 8.39. The van der Waals surface area contributed by atoms with E-state index in [9.17, 15) is 4.79 Å². The Balaban J connectivity index is 2.31. The third-order valence-corrected chi connectivity index (χ3v) is 2.05. The van der Waals surface area contributed by atoms with Gasteiger partial charge in [-0.2, -0.15) is 10.2 Å². The second-order valence-electron chi connectivity index (χ2n) is 2.44. The summed E-state index contributed by atoms with van der Waals surface area (Å²) in [5, 5.41) is 17.1. The fraction of sp³-hybridized carbons (Fsp3) is 0.429. The van der Waals surface area contributed by atoms with E-state index in [2.05, 4.69) is 20.5 Å². The first-order valence-electron chi connectivity index (χ1n) is 3.86. The summed E-state index contributed by atoms with van der Waals surface area (Å²) >= 11 is 1.25. The molecular formula is C7H9N5OS. The molecule has 1 heterocycles. The van der Waals surface area contributed by atoms with Crippen LogP contribution in [-0.2, 0) is 4.79 Å². The monoisotopic (exact) mass is 211 g/mol. The number of hydrogen-bond acceptors (Lipinski definition) is 5. The SMILES string of the molecule is Cc1nc(NC(=O)CSCC#N)n[nH]1. The summed E-state index contributed by atoms with van der Waals surface area (Å²) in [7, 11) is 0. The average molecular weight is 211 g/mol. The highest BCUT2D eigenvalue weighted by Gasteiger charge is 2.05. The van der Waals surface area contributed by atoms with Crippen molar-refractivity contribution >= 4 is 23.6 Å². The molecule has 2 N–H and O–H groups in total. The van der Waals surface area contributed by atoms with Gasteiger partial charge in [0.1, 0.15) is 5.82 Å². The highest BCUT2D eigenvalue weighted by Crippen LogP contribution is 2.01. The summed E-state index contributed by atoms with van der Waals surface area (Å²) in [5.41, 5.74) is 0. The number of amides is 1. The molecule has 6 nitrogen and oxygen atoms in total. The Hall–Kier alpha value is -1.55. The lowest BCUT2D eigenvalue weighted by molar-refractivity contribution is -0.113. The molecule has 1 rings (SSSR count). The van der Waals surface area contributed by atoms with E-state index >= 15 is 0 Å². The molecular weight excluding hydrogens is 202 g/mol. The number of nitrogens with zero attached hydrogens (tertiary/aromatic N) is 3. The maximum Gasteiger partial charge on any atom is 0.248 e. The number of thioether (sulfide) groups is 1. The minimum Gasteiger partial charge on any atom is -0.293 e. The molecule has 0 aliphatic carbocycles. The molecule has 0 aliphatic heterocycles. The molecule has 1 amide bonds. The smallest absolute Gasteiger partial charge is 0.248 e. The second-order valence-corrected chi connectivity index (χ2v) is 3.43. The second kappa shape index (κ2) is 5.24. The van der Waals surface area contributed by atoms with Gasteiger partial charge in [0.25, 0.3) is 0 Å². The Morgan fingerprint density at radius 3 is 3.14 bits per heavy atom. The summed E-state index contributed by atoms with van der Waals surface area (Å²) in [6, 6.07) is 1.94. The molecule has 0 saturated carbocycles. The van der Waals surface area contributed by atoms with Crippen molar-refractivity contribution in [2.75, 3.05) is 16.8 Å². The molecule has 1 aromatic heterocycles. The predicted octanol–water partition coefficient (Wildman–Crippen LogP) is 0.308. The first-order chi connectivity index (χ1) is 6.72. The number of aryl methyl sites for hydroxylation is 1. The van der Waals surface area contributed by atoms with Gasteiger partial charge in [0, 0.05) is 0 Å². The quantitative estimate of drug-likeness (QED) is 0.699. The number of carbonyl (C=O) groups excluding carboxylic acids is 1. The van der Waals surface area contributed by atoms with Crippen molar-refractivity contribution in [2.24, 2.45) is 0 Å². The summed E-state index contributed by atoms with van der Waals surface area (Å²) in [4.78, 5) is 15.1. The molecule has 0 aromatic carbocycles. The third kappa shape index (κ3) is 3.45. The Morgan fingerprint density at radius 2 is 2.57 bits per heavy atom. The number of H-pyrrole nitrogens is 1. The first kappa shape index (κ1) is 10.5. The van der Waals surface area contributed by atoms with Gasteiger partial charge in [0.2, 0.25) is 11.9 Å². The van der Waals surface area contributed by atoms with E-state index in [1.54, 1.807) is 6.92 Å². The largest absolute Gasteiger partial charge is 0.293 e. The van der Waals surface area contributed by atoms with Crippen molar-refractivity contribution < 1.29 is 4.79 Å². The van der Waals surface area contributed by atoms with Crippen LogP contribution in [-0.4, -0.2) is 32.6 Å². The summed E-state index contributed by atoms with van der Waals surface area (Å²) in [5.74, 6) is 1.25. The predicted molar refractivity (Wildman–Crippen MR) is 52.7 cm³/mol. The summed E-state index contributed by atoms with van der Waals surface area (Å²) < 4.78 is 0. The lowest BCUT2D eigenvalue weighted by Crippen LogP contribution is -2.15. The highest BCUT2D eigenvalue weighted by atomic mass is 32.2. The van der Waals surface area contributed by atoms with Crippen LogP contribution < -0.4 is 5.32 Å². The summed E-state index contributed by atoms with van der Waals surface area (Å²) in [6.07, 6.45) is 0. The topological polar surface area (TPSA) is 94.5 Å². The number of hydrogen-bond donors (Lipinski definition) is 2. The van der Waals surface area contributed by atoms with Crippen molar-refractivity contribution in [1.29, 1.82) is 5.26 Å². The number of rotatable bonds is 4. The first-order valence-corrected chi connectivity index (χ1v) is 5.01. The van der Waals surface area contributed by atoms with Crippen molar-refractivity contribution in [2.45, 2.75) is 6.92 Å². The van der Waals surface area contributed by atoms with E-state index in [1.165, 1.54) is 11.8 Å². The van der Waals surface area contributed by atoms with Crippen LogP contribution in [0, 0.1) is 18.3 Å². The van der Waals surface area contributed by atoms with Crippen molar-refractivity contribution in [3.63, 3.8) is 0 Å². The van der Waals surface area contributed by atoms with E-state index in [4.69, 9.17) is 5.26 Å². The number of aromatic amines is 1. The molecule has 0 fully saturated rings. The van der Waals surface area contributed by atoms with Crippen LogP contribution in [0.4, 0.5) is 5.95 Å². The van der Waals surface area contributed by atoms with Gasteiger partial charge in [0.05, 0.1) is 17.6 Å². The number of anilines is 1. The van der Waals surface area contributed by atoms with Crippen LogP contribution in [0.25, 0.3) is 0 Å². The zero-order chi connectivity index (χ0) is 10.4. The molecule has 74 valence electrons. The maximum atomic E-state index is 11.2. The van der Waals surface area contributed by atoms with E-state index < -0.39 is 0 Å². The normalized spacial score (nSPS) is 9.43. The lowest BCUT2D eigenvalue weighted by Gasteiger charge is -1.97. The van der Waals surface area contributed by atoms with E-state index in [-0.39, 0.29) is 17.6 Å². The van der Waals surface area contributed by atoms with Crippen LogP contribution >= 0.6 is 11.8 Å². The molecule has 0 atom stereocenters. The van der Waals surface area contributed by atoms with Gasteiger partial charge in [-0.1, -0.05) is 0 Å². The highest BCUT2D eigenvalue weighted by molar-refractivity contribution is 8.00. The van der Waals surface area contributed by atoms with E-state index in [0.717, 1.165) is 0 Å². The fourth-order valence-corrected chi connectivity index (χ4v) is 1.20. The van der Waals surface area contributed by atoms with Gasteiger partial charge >= 0.3 is 0 Å². The van der Waals surface area contributed by atoms with Gasteiger partial charge in [-0.3, -0.25) is 15.2 Å². The van der Waals surface area contributed by atoms with Gasteiger partial charge in [-0.05, 0) is 6.92 Å². The zero-order valence-electron chi connectivity index (χ0n) is 7.57. The number of nitrogens with one attached hydrogen (secondary N) is 2. The van der Waals surface area contributed by atoms with E-state index in [0.29, 0.717) is 11.6 Å². The molecule has 7 heteroatoms. The molecule has 0 unspecified atom stereocenters. The van der Waals surface area contributed by atoms with Crippen LogP contribution in [0.15, 0.2) is 0 Å². The average Bonchev–Trinajstić information content (AvgIpc) is 2.52. The molecule has 0 radical (unpaired) electrons. The minimum absolute atomic E-state index is 0.204. The van der Waals surface area contributed by atoms with Gasteiger partial charge in [0.15, 0.2) is 0 Å². The van der Waals surface area contributed by atoms with Crippen molar-refractivity contribution in [3.05, 3.63) is 5.82 Å². The van der Waals surface area contributed by atoms with Crippen molar-refractivity contribution in [1.82, 2.24) is 15.2 Å². The molecule has 0 aliphatic rings. The molecule has 0 spiro atoms. The number of nitriles is 1. The molecule has 1 aromatic rings. The van der Waals surface area contributed by atoms with Gasteiger partial charge in [-0.25, -0.2) is 0 Å². The van der Waals surface area contributed by atoms with Crippen LogP contribution in [0.3, 0.4) is 0 Å². The molecule has 0 bridgehead atoms. The Bertz CT molecular complexity index is 355. The minimum atomic E-state index is -0.204. The van der Waals surface area contributed by atoms with Crippen LogP contribution in [0.2, 0.25) is 0 Å². The van der Waals surface area contributed by atoms with Crippen molar-refractivity contribution in [3.8, 4) is 6.07 Å². The number of aromatic nitrogens is 3. The maximum absolute atomic E-state index is 11.2. The van der Waals surface area contributed by atoms with Gasteiger partial charge in [-0.15, -0.1) is 16.9 Å².